The number of hydrogen-bond acceptors (Lipinski definition) is 3. The van der Waals surface area contributed by atoms with Crippen molar-refractivity contribution in [1.29, 1.82) is 0 Å². The van der Waals surface area contributed by atoms with Gasteiger partial charge in [0, 0.05) is 26.2 Å². The van der Waals surface area contributed by atoms with Gasteiger partial charge in [0.2, 0.25) is 5.91 Å². The van der Waals surface area contributed by atoms with Crippen molar-refractivity contribution < 1.29 is 4.79 Å². The van der Waals surface area contributed by atoms with E-state index < -0.39 is 0 Å². The third kappa shape index (κ3) is 2.45. The van der Waals surface area contributed by atoms with Crippen molar-refractivity contribution >= 4 is 5.91 Å². The molecule has 1 amide bonds. The molecule has 14 heavy (non-hydrogen) atoms. The van der Waals surface area contributed by atoms with Crippen molar-refractivity contribution in [1.82, 2.24) is 10.2 Å². The molecular formula is C10H21N3O. The second-order valence-electron chi connectivity index (χ2n) is 4.60. The molecule has 0 bridgehead atoms. The summed E-state index contributed by atoms with van der Waals surface area (Å²) in [6.45, 7) is 6.70. The van der Waals surface area contributed by atoms with Crippen molar-refractivity contribution in [2.75, 3.05) is 26.7 Å². The summed E-state index contributed by atoms with van der Waals surface area (Å²) in [6, 6.07) is 0.182. The van der Waals surface area contributed by atoms with E-state index in [4.69, 9.17) is 5.73 Å². The monoisotopic (exact) mass is 199 g/mol. The Morgan fingerprint density at radius 2 is 2.36 bits per heavy atom. The summed E-state index contributed by atoms with van der Waals surface area (Å²) in [5.74, 6) is 0.143. The van der Waals surface area contributed by atoms with Crippen LogP contribution in [0.1, 0.15) is 20.3 Å². The maximum Gasteiger partial charge on any atom is 0.227 e. The van der Waals surface area contributed by atoms with Gasteiger partial charge in [-0.25, -0.2) is 0 Å². The Labute approximate surface area is 85.8 Å². The Bertz CT molecular complexity index is 217. The molecule has 2 unspecified atom stereocenters. The zero-order valence-electron chi connectivity index (χ0n) is 9.34. The Morgan fingerprint density at radius 3 is 2.86 bits per heavy atom. The zero-order chi connectivity index (χ0) is 10.8. The van der Waals surface area contributed by atoms with Gasteiger partial charge in [-0.05, 0) is 26.8 Å². The number of hydrogen-bond donors (Lipinski definition) is 2. The van der Waals surface area contributed by atoms with Gasteiger partial charge >= 0.3 is 0 Å². The number of nitrogens with zero attached hydrogens (tertiary/aromatic N) is 1. The largest absolute Gasteiger partial charge is 0.359 e. The van der Waals surface area contributed by atoms with Crippen molar-refractivity contribution in [2.24, 2.45) is 11.1 Å². The van der Waals surface area contributed by atoms with Crippen LogP contribution >= 0.6 is 0 Å². The standard InChI is InChI=1S/C10H21N3O/c1-8(11)6-13-5-4-10(2,7-13)9(14)12-3/h8H,4-7,11H2,1-3H3,(H,12,14). The summed E-state index contributed by atoms with van der Waals surface area (Å²) in [5.41, 5.74) is 5.51. The topological polar surface area (TPSA) is 58.4 Å². The molecule has 1 rings (SSSR count). The molecular weight excluding hydrogens is 178 g/mol. The zero-order valence-corrected chi connectivity index (χ0v) is 9.34. The third-order valence-corrected chi connectivity index (χ3v) is 2.87. The van der Waals surface area contributed by atoms with Crippen molar-refractivity contribution in [3.05, 3.63) is 0 Å². The van der Waals surface area contributed by atoms with Crippen LogP contribution in [0.5, 0.6) is 0 Å². The van der Waals surface area contributed by atoms with E-state index in [1.54, 1.807) is 7.05 Å². The van der Waals surface area contributed by atoms with Crippen LogP contribution in [0.15, 0.2) is 0 Å². The highest BCUT2D eigenvalue weighted by atomic mass is 16.2. The molecule has 0 aromatic rings. The first kappa shape index (κ1) is 11.5. The molecule has 1 aliphatic heterocycles. The molecule has 0 radical (unpaired) electrons. The van der Waals surface area contributed by atoms with Crippen LogP contribution in [0, 0.1) is 5.41 Å². The number of amides is 1. The highest BCUT2D eigenvalue weighted by Crippen LogP contribution is 2.29. The van der Waals surface area contributed by atoms with Crippen molar-refractivity contribution in [3.8, 4) is 0 Å². The first-order valence-electron chi connectivity index (χ1n) is 5.18. The van der Waals surface area contributed by atoms with Crippen LogP contribution in [-0.4, -0.2) is 43.5 Å². The maximum absolute atomic E-state index is 11.6. The fourth-order valence-electron chi connectivity index (χ4n) is 2.11. The Kier molecular flexibility index (Phi) is 3.50. The molecule has 0 aromatic carbocycles. The van der Waals surface area contributed by atoms with Gasteiger partial charge in [0.05, 0.1) is 5.41 Å². The summed E-state index contributed by atoms with van der Waals surface area (Å²) in [5, 5.41) is 2.72. The average Bonchev–Trinajstić information content (AvgIpc) is 2.46. The fraction of sp³-hybridized carbons (Fsp3) is 0.900. The maximum atomic E-state index is 11.6. The first-order chi connectivity index (χ1) is 6.48. The molecule has 0 spiro atoms. The predicted molar refractivity (Wildman–Crippen MR) is 56.9 cm³/mol. The summed E-state index contributed by atoms with van der Waals surface area (Å²) < 4.78 is 0. The van der Waals surface area contributed by atoms with Crippen LogP contribution < -0.4 is 11.1 Å². The normalized spacial score (nSPS) is 30.3. The molecule has 1 fully saturated rings. The van der Waals surface area contributed by atoms with Crippen LogP contribution in [0.4, 0.5) is 0 Å². The Balaban J connectivity index is 2.51. The number of nitrogens with two attached hydrogens (primary N) is 1. The van der Waals surface area contributed by atoms with Crippen LogP contribution in [0.25, 0.3) is 0 Å². The minimum absolute atomic E-state index is 0.143. The van der Waals surface area contributed by atoms with E-state index >= 15 is 0 Å². The number of carbonyl (C=O) groups is 1. The van der Waals surface area contributed by atoms with Gasteiger partial charge in [-0.3, -0.25) is 4.79 Å². The quantitative estimate of drug-likeness (QED) is 0.661. The molecule has 0 aromatic heterocycles. The average molecular weight is 199 g/mol. The van der Waals surface area contributed by atoms with Gasteiger partial charge in [0.1, 0.15) is 0 Å². The summed E-state index contributed by atoms with van der Waals surface area (Å²) >= 11 is 0. The van der Waals surface area contributed by atoms with Gasteiger partial charge in [-0.15, -0.1) is 0 Å². The van der Waals surface area contributed by atoms with Gasteiger partial charge in [0.25, 0.3) is 0 Å². The van der Waals surface area contributed by atoms with E-state index in [2.05, 4.69) is 10.2 Å². The van der Waals surface area contributed by atoms with Crippen molar-refractivity contribution in [3.63, 3.8) is 0 Å². The molecule has 0 aliphatic carbocycles. The smallest absolute Gasteiger partial charge is 0.227 e. The number of likely N-dealkylation sites (tertiary alicyclic amines) is 1. The van der Waals surface area contributed by atoms with Crippen molar-refractivity contribution in [2.45, 2.75) is 26.3 Å². The van der Waals surface area contributed by atoms with Gasteiger partial charge in [-0.2, -0.15) is 0 Å². The summed E-state index contributed by atoms with van der Waals surface area (Å²) in [6.07, 6.45) is 0.930. The summed E-state index contributed by atoms with van der Waals surface area (Å²) in [7, 11) is 1.70. The van der Waals surface area contributed by atoms with E-state index in [1.165, 1.54) is 0 Å². The van der Waals surface area contributed by atoms with E-state index in [0.717, 1.165) is 26.1 Å². The SMILES string of the molecule is CNC(=O)C1(C)CCN(CC(C)N)C1. The minimum Gasteiger partial charge on any atom is -0.359 e. The van der Waals surface area contributed by atoms with Gasteiger partial charge < -0.3 is 16.0 Å². The first-order valence-corrected chi connectivity index (χ1v) is 5.18. The number of rotatable bonds is 3. The highest BCUT2D eigenvalue weighted by molar-refractivity contribution is 5.82. The van der Waals surface area contributed by atoms with Gasteiger partial charge in [-0.1, -0.05) is 0 Å². The molecule has 0 saturated carbocycles. The highest BCUT2D eigenvalue weighted by Gasteiger charge is 2.39. The second-order valence-corrected chi connectivity index (χ2v) is 4.60. The predicted octanol–water partition coefficient (Wildman–Crippen LogP) is -0.208. The van der Waals surface area contributed by atoms with Crippen LogP contribution in [0.3, 0.4) is 0 Å². The van der Waals surface area contributed by atoms with E-state index in [9.17, 15) is 4.79 Å². The lowest BCUT2D eigenvalue weighted by atomic mass is 9.89. The molecule has 82 valence electrons. The molecule has 3 N–H and O–H groups in total. The van der Waals surface area contributed by atoms with E-state index in [0.29, 0.717) is 0 Å². The summed E-state index contributed by atoms with van der Waals surface area (Å²) in [4.78, 5) is 13.9. The fourth-order valence-corrected chi connectivity index (χ4v) is 2.11. The van der Waals surface area contributed by atoms with Crippen LogP contribution in [0.2, 0.25) is 0 Å². The second kappa shape index (κ2) is 4.28. The number of carbonyl (C=O) groups excluding carboxylic acids is 1. The third-order valence-electron chi connectivity index (χ3n) is 2.87. The molecule has 1 saturated heterocycles. The molecule has 4 heteroatoms. The van der Waals surface area contributed by atoms with Gasteiger partial charge in [0.15, 0.2) is 0 Å². The molecule has 1 aliphatic rings. The lowest BCUT2D eigenvalue weighted by Gasteiger charge is -2.23. The lowest BCUT2D eigenvalue weighted by Crippen LogP contribution is -2.41. The minimum atomic E-state index is -0.219. The lowest BCUT2D eigenvalue weighted by molar-refractivity contribution is -0.129. The van der Waals surface area contributed by atoms with E-state index in [-0.39, 0.29) is 17.4 Å². The molecule has 4 nitrogen and oxygen atoms in total. The molecule has 1 heterocycles. The number of nitrogens with one attached hydrogen (secondary N) is 1. The van der Waals surface area contributed by atoms with E-state index in [1.807, 2.05) is 13.8 Å². The van der Waals surface area contributed by atoms with Crippen LogP contribution in [-0.2, 0) is 4.79 Å². The molecule has 2 atom stereocenters. The Morgan fingerprint density at radius 1 is 1.71 bits per heavy atom. The Hall–Kier alpha value is -0.610.